The first-order chi connectivity index (χ1) is 11.9. The number of nitrogens with one attached hydrogen (secondary N) is 1. The van der Waals surface area contributed by atoms with Crippen LogP contribution >= 0.6 is 0 Å². The molecule has 0 fully saturated rings. The van der Waals surface area contributed by atoms with Crippen LogP contribution in [0.4, 0.5) is 0 Å². The zero-order valence-corrected chi connectivity index (χ0v) is 15.2. The zero-order chi connectivity index (χ0) is 18.0. The molecule has 1 amide bonds. The summed E-state index contributed by atoms with van der Waals surface area (Å²) in [5, 5.41) is 0.951. The maximum atomic E-state index is 13.1. The summed E-state index contributed by atoms with van der Waals surface area (Å²) in [7, 11) is 4.01. The SMILES string of the molecule is Cc1cc2cc(C(=O)N(CCN(C)C)Cc3nc[nH]c3C)ccc2o1. The minimum atomic E-state index is 0.00463. The number of aromatic amines is 1. The second-order valence-corrected chi connectivity index (χ2v) is 6.61. The van der Waals surface area contributed by atoms with Gasteiger partial charge in [0.2, 0.25) is 0 Å². The van der Waals surface area contributed by atoms with Crippen molar-refractivity contribution >= 4 is 16.9 Å². The van der Waals surface area contributed by atoms with Gasteiger partial charge in [-0.3, -0.25) is 4.79 Å². The number of benzene rings is 1. The lowest BCUT2D eigenvalue weighted by molar-refractivity contribution is 0.0730. The average Bonchev–Trinajstić information content (AvgIpc) is 3.14. The number of H-pyrrole nitrogens is 1. The van der Waals surface area contributed by atoms with Gasteiger partial charge in [0, 0.05) is 29.7 Å². The van der Waals surface area contributed by atoms with E-state index >= 15 is 0 Å². The van der Waals surface area contributed by atoms with Gasteiger partial charge in [-0.25, -0.2) is 4.98 Å². The van der Waals surface area contributed by atoms with Gasteiger partial charge in [0.1, 0.15) is 11.3 Å². The molecule has 0 aliphatic heterocycles. The van der Waals surface area contributed by atoms with E-state index in [1.165, 1.54) is 0 Å². The molecule has 1 aromatic carbocycles. The highest BCUT2D eigenvalue weighted by molar-refractivity contribution is 5.97. The summed E-state index contributed by atoms with van der Waals surface area (Å²) in [6, 6.07) is 7.54. The molecule has 132 valence electrons. The van der Waals surface area contributed by atoms with Crippen LogP contribution in [0.1, 0.15) is 27.5 Å². The molecule has 0 bridgehead atoms. The molecule has 0 aliphatic rings. The maximum Gasteiger partial charge on any atom is 0.254 e. The first-order valence-corrected chi connectivity index (χ1v) is 8.37. The summed E-state index contributed by atoms with van der Waals surface area (Å²) in [6.07, 6.45) is 1.67. The fourth-order valence-corrected chi connectivity index (χ4v) is 2.79. The smallest absolute Gasteiger partial charge is 0.254 e. The van der Waals surface area contributed by atoms with E-state index in [1.54, 1.807) is 6.33 Å². The molecule has 3 aromatic rings. The highest BCUT2D eigenvalue weighted by Gasteiger charge is 2.19. The highest BCUT2D eigenvalue weighted by atomic mass is 16.3. The van der Waals surface area contributed by atoms with Gasteiger partial charge in [0.05, 0.1) is 18.6 Å². The van der Waals surface area contributed by atoms with Crippen molar-refractivity contribution in [3.63, 3.8) is 0 Å². The lowest BCUT2D eigenvalue weighted by Crippen LogP contribution is -2.36. The van der Waals surface area contributed by atoms with E-state index in [0.717, 1.165) is 34.7 Å². The van der Waals surface area contributed by atoms with E-state index in [2.05, 4.69) is 14.9 Å². The van der Waals surface area contributed by atoms with Crippen molar-refractivity contribution in [2.45, 2.75) is 20.4 Å². The number of likely N-dealkylation sites (N-methyl/N-ethyl adjacent to an activating group) is 1. The number of carbonyl (C=O) groups excluding carboxylic acids is 1. The van der Waals surface area contributed by atoms with E-state index < -0.39 is 0 Å². The Labute approximate surface area is 147 Å². The van der Waals surface area contributed by atoms with Crippen LogP contribution in [0.5, 0.6) is 0 Å². The van der Waals surface area contributed by atoms with Crippen LogP contribution in [0, 0.1) is 13.8 Å². The van der Waals surface area contributed by atoms with E-state index in [4.69, 9.17) is 4.42 Å². The Morgan fingerprint density at radius 3 is 2.68 bits per heavy atom. The fraction of sp³-hybridized carbons (Fsp3) is 0.368. The molecular formula is C19H24N4O2. The standard InChI is InChI=1S/C19H24N4O2/c1-13-9-16-10-15(5-6-18(16)25-13)19(24)23(8-7-22(3)4)11-17-14(2)20-12-21-17/h5-6,9-10,12H,7-8,11H2,1-4H3,(H,20,21). The van der Waals surface area contributed by atoms with Gasteiger partial charge in [-0.1, -0.05) is 0 Å². The Hall–Kier alpha value is -2.60. The number of rotatable bonds is 6. The third-order valence-electron chi connectivity index (χ3n) is 4.27. The minimum Gasteiger partial charge on any atom is -0.461 e. The summed E-state index contributed by atoms with van der Waals surface area (Å²) in [5.41, 5.74) is 3.35. The molecule has 1 N–H and O–H groups in total. The van der Waals surface area contributed by atoms with Crippen molar-refractivity contribution in [2.24, 2.45) is 0 Å². The number of furan rings is 1. The number of imidazole rings is 1. The van der Waals surface area contributed by atoms with Crippen molar-refractivity contribution in [3.8, 4) is 0 Å². The van der Waals surface area contributed by atoms with Gasteiger partial charge < -0.3 is 19.2 Å². The number of amides is 1. The molecule has 2 aromatic heterocycles. The summed E-state index contributed by atoms with van der Waals surface area (Å²) in [6.45, 7) is 5.80. The monoisotopic (exact) mass is 340 g/mol. The average molecular weight is 340 g/mol. The molecule has 2 heterocycles. The molecule has 6 nitrogen and oxygen atoms in total. The van der Waals surface area contributed by atoms with Crippen LogP contribution in [-0.4, -0.2) is 52.9 Å². The fourth-order valence-electron chi connectivity index (χ4n) is 2.79. The molecule has 6 heteroatoms. The molecule has 0 saturated heterocycles. The summed E-state index contributed by atoms with van der Waals surface area (Å²) < 4.78 is 5.60. The first-order valence-electron chi connectivity index (χ1n) is 8.37. The summed E-state index contributed by atoms with van der Waals surface area (Å²) in [4.78, 5) is 24.4. The molecule has 0 radical (unpaired) electrons. The van der Waals surface area contributed by atoms with Crippen molar-refractivity contribution in [1.29, 1.82) is 0 Å². The number of aryl methyl sites for hydroxylation is 2. The predicted molar refractivity (Wildman–Crippen MR) is 97.6 cm³/mol. The number of carbonyl (C=O) groups is 1. The van der Waals surface area contributed by atoms with Crippen LogP contribution in [0.3, 0.4) is 0 Å². The molecule has 0 spiro atoms. The molecular weight excluding hydrogens is 316 g/mol. The van der Waals surface area contributed by atoms with Gasteiger partial charge in [-0.05, 0) is 52.2 Å². The summed E-state index contributed by atoms with van der Waals surface area (Å²) in [5.74, 6) is 0.848. The number of nitrogens with zero attached hydrogens (tertiary/aromatic N) is 3. The normalized spacial score (nSPS) is 11.4. The van der Waals surface area contributed by atoms with Crippen molar-refractivity contribution in [1.82, 2.24) is 19.8 Å². The predicted octanol–water partition coefficient (Wildman–Crippen LogP) is 2.98. The Balaban J connectivity index is 1.86. The second-order valence-electron chi connectivity index (χ2n) is 6.61. The topological polar surface area (TPSA) is 65.4 Å². The molecule has 3 rings (SSSR count). The van der Waals surface area contributed by atoms with E-state index in [-0.39, 0.29) is 5.91 Å². The summed E-state index contributed by atoms with van der Waals surface area (Å²) >= 11 is 0. The number of fused-ring (bicyclic) bond motifs is 1. The third kappa shape index (κ3) is 3.91. The zero-order valence-electron chi connectivity index (χ0n) is 15.2. The molecule has 0 atom stereocenters. The largest absolute Gasteiger partial charge is 0.461 e. The molecule has 0 aliphatic carbocycles. The van der Waals surface area contributed by atoms with Crippen molar-refractivity contribution in [2.75, 3.05) is 27.2 Å². The van der Waals surface area contributed by atoms with Gasteiger partial charge in [-0.2, -0.15) is 0 Å². The Morgan fingerprint density at radius 1 is 1.20 bits per heavy atom. The van der Waals surface area contributed by atoms with Gasteiger partial charge in [0.15, 0.2) is 0 Å². The minimum absolute atomic E-state index is 0.00463. The highest BCUT2D eigenvalue weighted by Crippen LogP contribution is 2.21. The van der Waals surface area contributed by atoms with Crippen LogP contribution < -0.4 is 0 Å². The van der Waals surface area contributed by atoms with Crippen LogP contribution in [-0.2, 0) is 6.54 Å². The van der Waals surface area contributed by atoms with Crippen LogP contribution in [0.15, 0.2) is 35.0 Å². The molecule has 0 unspecified atom stereocenters. The van der Waals surface area contributed by atoms with Crippen LogP contribution in [0.2, 0.25) is 0 Å². The van der Waals surface area contributed by atoms with Crippen LogP contribution in [0.25, 0.3) is 11.0 Å². The number of hydrogen-bond donors (Lipinski definition) is 1. The van der Waals surface area contributed by atoms with Gasteiger partial charge in [0.25, 0.3) is 5.91 Å². The second kappa shape index (κ2) is 7.11. The quantitative estimate of drug-likeness (QED) is 0.749. The Bertz CT molecular complexity index is 879. The Kier molecular flexibility index (Phi) is 4.90. The lowest BCUT2D eigenvalue weighted by atomic mass is 10.1. The van der Waals surface area contributed by atoms with E-state index in [9.17, 15) is 4.79 Å². The van der Waals surface area contributed by atoms with E-state index in [1.807, 2.05) is 57.1 Å². The van der Waals surface area contributed by atoms with Gasteiger partial charge in [-0.15, -0.1) is 0 Å². The molecule has 0 saturated carbocycles. The Morgan fingerprint density at radius 2 is 2.00 bits per heavy atom. The number of aromatic nitrogens is 2. The van der Waals surface area contributed by atoms with Gasteiger partial charge >= 0.3 is 0 Å². The van der Waals surface area contributed by atoms with Crippen molar-refractivity contribution < 1.29 is 9.21 Å². The molecule has 25 heavy (non-hydrogen) atoms. The lowest BCUT2D eigenvalue weighted by Gasteiger charge is -2.24. The van der Waals surface area contributed by atoms with Crippen molar-refractivity contribution in [3.05, 3.63) is 53.3 Å². The maximum absolute atomic E-state index is 13.1. The van der Waals surface area contributed by atoms with E-state index in [0.29, 0.717) is 18.7 Å². The third-order valence-corrected chi connectivity index (χ3v) is 4.27. The first kappa shape index (κ1) is 17.2. The number of hydrogen-bond acceptors (Lipinski definition) is 4.